The molecule has 0 aromatic carbocycles. The van der Waals surface area contributed by atoms with E-state index in [0.717, 1.165) is 30.8 Å². The average molecular weight is 209 g/mol. The van der Waals surface area contributed by atoms with Crippen LogP contribution in [0.5, 0.6) is 0 Å². The molecule has 0 aliphatic rings. The Morgan fingerprint density at radius 3 is 2.47 bits per heavy atom. The zero-order valence-corrected chi connectivity index (χ0v) is 10.4. The van der Waals surface area contributed by atoms with Gasteiger partial charge in [0.25, 0.3) is 0 Å². The zero-order chi connectivity index (χ0) is 11.5. The highest BCUT2D eigenvalue weighted by Gasteiger charge is 2.23. The number of rotatable bonds is 5. The van der Waals surface area contributed by atoms with Crippen molar-refractivity contribution in [2.45, 2.75) is 58.9 Å². The zero-order valence-electron chi connectivity index (χ0n) is 10.4. The first-order chi connectivity index (χ1) is 7.05. The van der Waals surface area contributed by atoms with E-state index in [4.69, 9.17) is 10.2 Å². The Kier molecular flexibility index (Phi) is 3.97. The molecule has 1 aromatic rings. The van der Waals surface area contributed by atoms with Gasteiger partial charge in [-0.25, -0.2) is 0 Å². The summed E-state index contributed by atoms with van der Waals surface area (Å²) < 4.78 is 5.92. The van der Waals surface area contributed by atoms with Gasteiger partial charge in [0.15, 0.2) is 0 Å². The van der Waals surface area contributed by atoms with Crippen LogP contribution in [0.15, 0.2) is 10.5 Å². The lowest BCUT2D eigenvalue weighted by atomic mass is 9.87. The first kappa shape index (κ1) is 12.3. The molecule has 0 atom stereocenters. The van der Waals surface area contributed by atoms with Crippen molar-refractivity contribution in [3.63, 3.8) is 0 Å². The SMILES string of the molecule is CCCc1oc(C(C)(C)CC)cc1CN. The normalized spacial score (nSPS) is 12.1. The van der Waals surface area contributed by atoms with E-state index >= 15 is 0 Å². The van der Waals surface area contributed by atoms with E-state index in [0.29, 0.717) is 6.54 Å². The number of furan rings is 1. The molecule has 0 spiro atoms. The van der Waals surface area contributed by atoms with Crippen LogP contribution in [0, 0.1) is 0 Å². The highest BCUT2D eigenvalue weighted by atomic mass is 16.3. The lowest BCUT2D eigenvalue weighted by Crippen LogP contribution is -2.14. The van der Waals surface area contributed by atoms with E-state index in [2.05, 4.69) is 33.8 Å². The molecule has 0 saturated heterocycles. The fourth-order valence-electron chi connectivity index (χ4n) is 1.59. The van der Waals surface area contributed by atoms with Crippen molar-refractivity contribution in [3.05, 3.63) is 23.2 Å². The van der Waals surface area contributed by atoms with E-state index in [1.54, 1.807) is 0 Å². The van der Waals surface area contributed by atoms with Crippen molar-refractivity contribution >= 4 is 0 Å². The Bertz CT molecular complexity index is 312. The largest absolute Gasteiger partial charge is 0.465 e. The van der Waals surface area contributed by atoms with Gasteiger partial charge < -0.3 is 10.2 Å². The minimum absolute atomic E-state index is 0.121. The molecule has 0 unspecified atom stereocenters. The van der Waals surface area contributed by atoms with Gasteiger partial charge in [-0.15, -0.1) is 0 Å². The predicted molar refractivity (Wildman–Crippen MR) is 63.9 cm³/mol. The Hall–Kier alpha value is -0.760. The van der Waals surface area contributed by atoms with E-state index < -0.39 is 0 Å². The molecule has 2 nitrogen and oxygen atoms in total. The third-order valence-electron chi connectivity index (χ3n) is 3.14. The van der Waals surface area contributed by atoms with Gasteiger partial charge >= 0.3 is 0 Å². The monoisotopic (exact) mass is 209 g/mol. The van der Waals surface area contributed by atoms with Crippen LogP contribution in [0.2, 0.25) is 0 Å². The first-order valence-corrected chi connectivity index (χ1v) is 5.87. The standard InChI is InChI=1S/C13H23NO/c1-5-7-11-10(9-14)8-12(15-11)13(3,4)6-2/h8H,5-7,9,14H2,1-4H3. The Balaban J connectivity index is 3.01. The molecule has 15 heavy (non-hydrogen) atoms. The summed E-state index contributed by atoms with van der Waals surface area (Å²) in [5, 5.41) is 0. The minimum atomic E-state index is 0.121. The second-order valence-electron chi connectivity index (χ2n) is 4.75. The molecule has 0 aliphatic heterocycles. The van der Waals surface area contributed by atoms with Crippen molar-refractivity contribution in [2.75, 3.05) is 0 Å². The van der Waals surface area contributed by atoms with Crippen LogP contribution >= 0.6 is 0 Å². The van der Waals surface area contributed by atoms with Gasteiger partial charge in [-0.3, -0.25) is 0 Å². The number of nitrogens with two attached hydrogens (primary N) is 1. The summed E-state index contributed by atoms with van der Waals surface area (Å²) in [6.07, 6.45) is 3.18. The van der Waals surface area contributed by atoms with Crippen LogP contribution in [0.1, 0.15) is 57.6 Å². The van der Waals surface area contributed by atoms with Gasteiger partial charge in [0.2, 0.25) is 0 Å². The van der Waals surface area contributed by atoms with Crippen LogP contribution in [-0.4, -0.2) is 0 Å². The first-order valence-electron chi connectivity index (χ1n) is 5.87. The van der Waals surface area contributed by atoms with Crippen LogP contribution in [0.4, 0.5) is 0 Å². The highest BCUT2D eigenvalue weighted by Crippen LogP contribution is 2.30. The predicted octanol–water partition coefficient (Wildman–Crippen LogP) is 3.38. The maximum absolute atomic E-state index is 5.92. The lowest BCUT2D eigenvalue weighted by molar-refractivity contribution is 0.357. The van der Waals surface area contributed by atoms with Crippen molar-refractivity contribution in [1.29, 1.82) is 0 Å². The Labute approximate surface area is 92.9 Å². The van der Waals surface area contributed by atoms with E-state index in [-0.39, 0.29) is 5.41 Å². The highest BCUT2D eigenvalue weighted by molar-refractivity contribution is 5.25. The summed E-state index contributed by atoms with van der Waals surface area (Å²) >= 11 is 0. The molecule has 1 rings (SSSR count). The molecule has 0 radical (unpaired) electrons. The van der Waals surface area contributed by atoms with E-state index in [1.807, 2.05) is 0 Å². The second kappa shape index (κ2) is 4.84. The summed E-state index contributed by atoms with van der Waals surface area (Å²) in [5.41, 5.74) is 7.01. The van der Waals surface area contributed by atoms with Crippen molar-refractivity contribution in [1.82, 2.24) is 0 Å². The van der Waals surface area contributed by atoms with Crippen LogP contribution in [-0.2, 0) is 18.4 Å². The number of hydrogen-bond acceptors (Lipinski definition) is 2. The van der Waals surface area contributed by atoms with Crippen LogP contribution in [0.25, 0.3) is 0 Å². The molecule has 0 saturated carbocycles. The minimum Gasteiger partial charge on any atom is -0.465 e. The maximum atomic E-state index is 5.92. The second-order valence-corrected chi connectivity index (χ2v) is 4.75. The van der Waals surface area contributed by atoms with Gasteiger partial charge in [0.1, 0.15) is 11.5 Å². The fraction of sp³-hybridized carbons (Fsp3) is 0.692. The maximum Gasteiger partial charge on any atom is 0.110 e. The molecule has 0 fully saturated rings. The van der Waals surface area contributed by atoms with Crippen molar-refractivity contribution in [2.24, 2.45) is 5.73 Å². The smallest absolute Gasteiger partial charge is 0.110 e. The van der Waals surface area contributed by atoms with Gasteiger partial charge in [-0.05, 0) is 18.9 Å². The molecule has 0 amide bonds. The topological polar surface area (TPSA) is 39.2 Å². The van der Waals surface area contributed by atoms with Crippen molar-refractivity contribution in [3.8, 4) is 0 Å². The van der Waals surface area contributed by atoms with Crippen LogP contribution < -0.4 is 5.73 Å². The molecule has 0 aliphatic carbocycles. The molecule has 1 heterocycles. The molecule has 2 N–H and O–H groups in total. The van der Waals surface area contributed by atoms with Gasteiger partial charge in [0.05, 0.1) is 0 Å². The van der Waals surface area contributed by atoms with E-state index in [9.17, 15) is 0 Å². The molecular weight excluding hydrogens is 186 g/mol. The van der Waals surface area contributed by atoms with E-state index in [1.165, 1.54) is 5.56 Å². The summed E-state index contributed by atoms with van der Waals surface area (Å²) in [6, 6.07) is 2.13. The third kappa shape index (κ3) is 2.63. The third-order valence-corrected chi connectivity index (χ3v) is 3.14. The summed E-state index contributed by atoms with van der Waals surface area (Å²) in [7, 11) is 0. The van der Waals surface area contributed by atoms with Crippen molar-refractivity contribution < 1.29 is 4.42 Å². The molecular formula is C13H23NO. The summed E-state index contributed by atoms with van der Waals surface area (Å²) in [6.45, 7) is 9.35. The quantitative estimate of drug-likeness (QED) is 0.807. The summed E-state index contributed by atoms with van der Waals surface area (Å²) in [5.74, 6) is 2.16. The lowest BCUT2D eigenvalue weighted by Gasteiger charge is -2.19. The van der Waals surface area contributed by atoms with Gasteiger partial charge in [-0.2, -0.15) is 0 Å². The number of hydrogen-bond donors (Lipinski definition) is 1. The molecule has 0 bridgehead atoms. The Morgan fingerprint density at radius 1 is 1.33 bits per heavy atom. The average Bonchev–Trinajstić information content (AvgIpc) is 2.62. The fourth-order valence-corrected chi connectivity index (χ4v) is 1.59. The Morgan fingerprint density at radius 2 is 2.00 bits per heavy atom. The molecule has 2 heteroatoms. The van der Waals surface area contributed by atoms with Gasteiger partial charge in [-0.1, -0.05) is 27.7 Å². The summed E-state index contributed by atoms with van der Waals surface area (Å²) in [4.78, 5) is 0. The molecule has 1 aromatic heterocycles. The van der Waals surface area contributed by atoms with Crippen LogP contribution in [0.3, 0.4) is 0 Å². The van der Waals surface area contributed by atoms with Gasteiger partial charge in [0, 0.05) is 23.9 Å². The number of aryl methyl sites for hydroxylation is 1. The molecule has 86 valence electrons.